The molecule has 0 aliphatic carbocycles. The van der Waals surface area contributed by atoms with E-state index in [1.165, 1.54) is 10.5 Å². The quantitative estimate of drug-likeness (QED) is 0.596. The van der Waals surface area contributed by atoms with Crippen molar-refractivity contribution < 1.29 is 31.1 Å². The summed E-state index contributed by atoms with van der Waals surface area (Å²) in [4.78, 5) is 21.1. The Bertz CT molecular complexity index is 1230. The van der Waals surface area contributed by atoms with Crippen LogP contribution in [0.5, 0.6) is 5.75 Å². The van der Waals surface area contributed by atoms with Gasteiger partial charge in [0.25, 0.3) is 5.91 Å². The average Bonchev–Trinajstić information content (AvgIpc) is 3.15. The van der Waals surface area contributed by atoms with Gasteiger partial charge in [0.15, 0.2) is 5.13 Å². The number of anilines is 1. The van der Waals surface area contributed by atoms with E-state index in [-0.39, 0.29) is 23.7 Å². The molecular weight excluding hydrogens is 469 g/mol. The highest BCUT2D eigenvalue weighted by molar-refractivity contribution is 7.89. The Morgan fingerprint density at radius 2 is 1.91 bits per heavy atom. The largest absolute Gasteiger partial charge is 0.573 e. The van der Waals surface area contributed by atoms with Gasteiger partial charge in [-0.3, -0.25) is 15.1 Å². The summed E-state index contributed by atoms with van der Waals surface area (Å²) >= 11 is 1.16. The lowest BCUT2D eigenvalue weighted by Gasteiger charge is -2.25. The molecule has 8 nitrogen and oxygen atoms in total. The molecule has 0 fully saturated rings. The van der Waals surface area contributed by atoms with Crippen molar-refractivity contribution in [1.82, 2.24) is 14.3 Å². The number of carbonyl (C=O) groups is 1. The lowest BCUT2D eigenvalue weighted by molar-refractivity contribution is -0.274. The first-order valence-electron chi connectivity index (χ1n) is 9.19. The maximum atomic E-state index is 12.9. The molecule has 0 spiro atoms. The lowest BCUT2D eigenvalue weighted by Crippen LogP contribution is -2.35. The van der Waals surface area contributed by atoms with E-state index < -0.39 is 28.0 Å². The third-order valence-corrected chi connectivity index (χ3v) is 7.37. The van der Waals surface area contributed by atoms with Crippen LogP contribution >= 0.6 is 11.3 Å². The highest BCUT2D eigenvalue weighted by atomic mass is 32.2. The van der Waals surface area contributed by atoms with Gasteiger partial charge in [-0.1, -0.05) is 6.07 Å². The van der Waals surface area contributed by atoms with Gasteiger partial charge in [-0.25, -0.2) is 13.4 Å². The molecule has 1 amide bonds. The van der Waals surface area contributed by atoms with E-state index in [9.17, 15) is 26.4 Å². The fourth-order valence-electron chi connectivity index (χ4n) is 3.05. The standard InChI is InChI=1S/C19H15F3N4O4S2/c20-19(21,22)30-12-4-6-13(7-5-12)32(28,29)26-10-8-14-16(11-26)31-18(24-14)25-17(27)15-3-1-2-9-23-15/h1-7,9H,8,10-11H2,(H,24,25,27). The summed E-state index contributed by atoms with van der Waals surface area (Å²) in [6.45, 7) is 0.184. The highest BCUT2D eigenvalue weighted by Crippen LogP contribution is 2.32. The Hall–Kier alpha value is -3.03. The van der Waals surface area contributed by atoms with Gasteiger partial charge in [0, 0.05) is 24.0 Å². The predicted octanol–water partition coefficient (Wildman–Crippen LogP) is 3.44. The Morgan fingerprint density at radius 1 is 1.16 bits per heavy atom. The molecule has 1 aliphatic heterocycles. The summed E-state index contributed by atoms with van der Waals surface area (Å²) in [5.74, 6) is -0.935. The highest BCUT2D eigenvalue weighted by Gasteiger charge is 2.33. The molecule has 2 aromatic heterocycles. The summed E-state index contributed by atoms with van der Waals surface area (Å²) in [6, 6.07) is 8.96. The minimum Gasteiger partial charge on any atom is -0.406 e. The van der Waals surface area contributed by atoms with E-state index in [1.807, 2.05) is 0 Å². The first-order chi connectivity index (χ1) is 15.1. The minimum absolute atomic E-state index is 0.0373. The molecular formula is C19H15F3N4O4S2. The molecule has 13 heteroatoms. The molecule has 0 radical (unpaired) electrons. The number of halogens is 3. The number of benzene rings is 1. The molecule has 1 N–H and O–H groups in total. The summed E-state index contributed by atoms with van der Waals surface area (Å²) in [7, 11) is -3.94. The van der Waals surface area contributed by atoms with Crippen LogP contribution in [0.2, 0.25) is 0 Å². The maximum absolute atomic E-state index is 12.9. The van der Waals surface area contributed by atoms with E-state index in [0.717, 1.165) is 35.6 Å². The summed E-state index contributed by atoms with van der Waals surface area (Å²) < 4.78 is 67.8. The fraction of sp³-hybridized carbons (Fsp3) is 0.211. The fourth-order valence-corrected chi connectivity index (χ4v) is 5.56. The van der Waals surface area contributed by atoms with Gasteiger partial charge < -0.3 is 4.74 Å². The van der Waals surface area contributed by atoms with E-state index in [0.29, 0.717) is 22.1 Å². The molecule has 0 atom stereocenters. The summed E-state index contributed by atoms with van der Waals surface area (Å²) in [5, 5.41) is 2.99. The molecule has 0 saturated heterocycles. The second kappa shape index (κ2) is 8.48. The van der Waals surface area contributed by atoms with E-state index in [2.05, 4.69) is 20.0 Å². The normalized spacial score (nSPS) is 14.6. The van der Waals surface area contributed by atoms with E-state index in [1.54, 1.807) is 18.2 Å². The van der Waals surface area contributed by atoms with Crippen LogP contribution in [-0.4, -0.2) is 41.5 Å². The third kappa shape index (κ3) is 4.89. The SMILES string of the molecule is O=C(Nc1nc2c(s1)CN(S(=O)(=O)c1ccc(OC(F)(F)F)cc1)CC2)c1ccccn1. The lowest BCUT2D eigenvalue weighted by atomic mass is 10.2. The van der Waals surface area contributed by atoms with Gasteiger partial charge in [-0.15, -0.1) is 24.5 Å². The second-order valence-electron chi connectivity index (χ2n) is 6.67. The van der Waals surface area contributed by atoms with Crippen LogP contribution in [-0.2, 0) is 23.0 Å². The van der Waals surface area contributed by atoms with Crippen molar-refractivity contribution >= 4 is 32.4 Å². The number of amides is 1. The number of ether oxygens (including phenoxy) is 1. The Kier molecular flexibility index (Phi) is 5.88. The smallest absolute Gasteiger partial charge is 0.406 e. The van der Waals surface area contributed by atoms with Crippen LogP contribution in [0.3, 0.4) is 0 Å². The molecule has 32 heavy (non-hydrogen) atoms. The van der Waals surface area contributed by atoms with Crippen molar-refractivity contribution in [1.29, 1.82) is 0 Å². The molecule has 4 rings (SSSR count). The monoisotopic (exact) mass is 484 g/mol. The molecule has 0 unspecified atom stereocenters. The first-order valence-corrected chi connectivity index (χ1v) is 11.4. The number of carbonyl (C=O) groups excluding carboxylic acids is 1. The van der Waals surface area contributed by atoms with Crippen molar-refractivity contribution in [3.63, 3.8) is 0 Å². The second-order valence-corrected chi connectivity index (χ2v) is 9.69. The van der Waals surface area contributed by atoms with Crippen LogP contribution in [0.15, 0.2) is 53.6 Å². The zero-order valence-corrected chi connectivity index (χ0v) is 17.8. The third-order valence-electron chi connectivity index (χ3n) is 4.51. The summed E-state index contributed by atoms with van der Waals surface area (Å²) in [6.07, 6.45) is -3.04. The first kappa shape index (κ1) is 22.2. The van der Waals surface area contributed by atoms with Gasteiger partial charge in [-0.05, 0) is 36.4 Å². The molecule has 168 valence electrons. The molecule has 0 bridgehead atoms. The summed E-state index contributed by atoms with van der Waals surface area (Å²) in [5.41, 5.74) is 0.912. The number of rotatable bonds is 5. The Balaban J connectivity index is 1.47. The van der Waals surface area contributed by atoms with Crippen LogP contribution in [0.25, 0.3) is 0 Å². The number of alkyl halides is 3. The molecule has 0 saturated carbocycles. The van der Waals surface area contributed by atoms with Crippen molar-refractivity contribution in [3.8, 4) is 5.75 Å². The maximum Gasteiger partial charge on any atom is 0.573 e. The number of hydrogen-bond donors (Lipinski definition) is 1. The predicted molar refractivity (Wildman–Crippen MR) is 109 cm³/mol. The Labute approximate surface area is 184 Å². The number of fused-ring (bicyclic) bond motifs is 1. The number of pyridine rings is 1. The number of aromatic nitrogens is 2. The van der Waals surface area contributed by atoms with Gasteiger partial charge in [-0.2, -0.15) is 4.31 Å². The zero-order chi connectivity index (χ0) is 22.9. The molecule has 1 aromatic carbocycles. The Morgan fingerprint density at radius 3 is 2.56 bits per heavy atom. The van der Waals surface area contributed by atoms with Crippen molar-refractivity contribution in [2.45, 2.75) is 24.2 Å². The van der Waals surface area contributed by atoms with Gasteiger partial charge >= 0.3 is 6.36 Å². The van der Waals surface area contributed by atoms with Crippen molar-refractivity contribution in [2.75, 3.05) is 11.9 Å². The minimum atomic E-state index is -4.86. The van der Waals surface area contributed by atoms with Crippen molar-refractivity contribution in [2.24, 2.45) is 0 Å². The van der Waals surface area contributed by atoms with E-state index in [4.69, 9.17) is 0 Å². The average molecular weight is 484 g/mol. The number of nitrogens with zero attached hydrogens (tertiary/aromatic N) is 3. The van der Waals surface area contributed by atoms with Gasteiger partial charge in [0.05, 0.1) is 17.1 Å². The number of nitrogens with one attached hydrogen (secondary N) is 1. The van der Waals surface area contributed by atoms with Crippen molar-refractivity contribution in [3.05, 3.63) is 64.9 Å². The van der Waals surface area contributed by atoms with E-state index >= 15 is 0 Å². The van der Waals surface area contributed by atoms with Gasteiger partial charge in [0.1, 0.15) is 11.4 Å². The number of hydrogen-bond acceptors (Lipinski definition) is 7. The number of thiazole rings is 1. The number of sulfonamides is 1. The topological polar surface area (TPSA) is 101 Å². The van der Waals surface area contributed by atoms with Gasteiger partial charge in [0.2, 0.25) is 10.0 Å². The molecule has 3 heterocycles. The van der Waals surface area contributed by atoms with Crippen LogP contribution < -0.4 is 10.1 Å². The molecule has 1 aliphatic rings. The van der Waals surface area contributed by atoms with Crippen LogP contribution in [0, 0.1) is 0 Å². The van der Waals surface area contributed by atoms with Crippen LogP contribution in [0.4, 0.5) is 18.3 Å². The zero-order valence-electron chi connectivity index (χ0n) is 16.2. The molecule has 3 aromatic rings. The van der Waals surface area contributed by atoms with Crippen LogP contribution in [0.1, 0.15) is 21.1 Å².